The minimum Gasteiger partial charge on any atom is -0.293 e. The van der Waals surface area contributed by atoms with E-state index in [1.54, 1.807) is 24.3 Å². The van der Waals surface area contributed by atoms with E-state index >= 15 is 0 Å². The molecule has 0 N–H and O–H groups in total. The summed E-state index contributed by atoms with van der Waals surface area (Å²) in [5, 5.41) is 0. The van der Waals surface area contributed by atoms with E-state index in [2.05, 4.69) is 9.98 Å². The van der Waals surface area contributed by atoms with Crippen LogP contribution >= 0.6 is 0 Å². The van der Waals surface area contributed by atoms with Gasteiger partial charge in [0, 0.05) is 27.7 Å². The first-order valence-electron chi connectivity index (χ1n) is 6.54. The van der Waals surface area contributed by atoms with E-state index in [4.69, 9.17) is 0 Å². The highest BCUT2D eigenvalue weighted by Crippen LogP contribution is 2.28. The fourth-order valence-electron chi connectivity index (χ4n) is 1.70. The Morgan fingerprint density at radius 1 is 0.636 bits per heavy atom. The second-order valence-corrected chi connectivity index (χ2v) is 4.63. The van der Waals surface area contributed by atoms with Gasteiger partial charge in [-0.1, -0.05) is 12.1 Å². The Morgan fingerprint density at radius 3 is 1.14 bits per heavy atom. The Hall–Kier alpha value is -2.76. The molecule has 0 saturated carbocycles. The van der Waals surface area contributed by atoms with Crippen molar-refractivity contribution in [3.63, 3.8) is 0 Å². The summed E-state index contributed by atoms with van der Waals surface area (Å²) in [6.45, 7) is 4.96. The average molecular weight is 300 g/mol. The van der Waals surface area contributed by atoms with Crippen molar-refractivity contribution in [3.8, 4) is 0 Å². The van der Waals surface area contributed by atoms with Gasteiger partial charge in [0.05, 0.1) is 11.4 Å². The molecule has 0 heterocycles. The molecule has 0 amide bonds. The van der Waals surface area contributed by atoms with Crippen LogP contribution in [0.4, 0.5) is 11.4 Å². The van der Waals surface area contributed by atoms with Crippen LogP contribution < -0.4 is 0 Å². The van der Waals surface area contributed by atoms with Crippen molar-refractivity contribution in [2.45, 2.75) is 27.7 Å². The number of carbonyl (C=O) groups excluding carboxylic acids is 4. The van der Waals surface area contributed by atoms with Crippen LogP contribution in [0.3, 0.4) is 0 Å². The quantitative estimate of drug-likeness (QED) is 0.594. The van der Waals surface area contributed by atoms with Crippen molar-refractivity contribution < 1.29 is 19.2 Å². The van der Waals surface area contributed by atoms with Crippen LogP contribution in [-0.2, 0) is 19.2 Å². The first kappa shape index (κ1) is 17.3. The van der Waals surface area contributed by atoms with E-state index in [1.807, 2.05) is 0 Å². The zero-order valence-electron chi connectivity index (χ0n) is 12.8. The lowest BCUT2D eigenvalue weighted by molar-refractivity contribution is -0.116. The molecule has 0 fully saturated rings. The molecule has 0 atom stereocenters. The predicted octanol–water partition coefficient (Wildman–Crippen LogP) is 2.19. The summed E-state index contributed by atoms with van der Waals surface area (Å²) in [4.78, 5) is 53.8. The minimum absolute atomic E-state index is 0.213. The largest absolute Gasteiger partial charge is 0.293 e. The van der Waals surface area contributed by atoms with Crippen molar-refractivity contribution in [2.24, 2.45) is 9.98 Å². The lowest BCUT2D eigenvalue weighted by atomic mass is 10.1. The third-order valence-corrected chi connectivity index (χ3v) is 2.68. The van der Waals surface area contributed by atoms with Gasteiger partial charge >= 0.3 is 0 Å². The first-order valence-corrected chi connectivity index (χ1v) is 6.54. The third-order valence-electron chi connectivity index (χ3n) is 2.68. The highest BCUT2D eigenvalue weighted by molar-refractivity contribution is 6.66. The zero-order chi connectivity index (χ0) is 16.9. The van der Waals surface area contributed by atoms with Crippen molar-refractivity contribution >= 4 is 45.9 Å². The molecular formula is C16H16N2O4. The maximum Gasteiger partial charge on any atom is 0.181 e. The predicted molar refractivity (Wildman–Crippen MR) is 83.4 cm³/mol. The monoisotopic (exact) mass is 300 g/mol. The third kappa shape index (κ3) is 4.37. The number of hydrogen-bond donors (Lipinski definition) is 0. The van der Waals surface area contributed by atoms with Gasteiger partial charge in [-0.25, -0.2) is 9.98 Å². The Morgan fingerprint density at radius 2 is 0.909 bits per heavy atom. The Kier molecular flexibility index (Phi) is 5.74. The molecule has 22 heavy (non-hydrogen) atoms. The van der Waals surface area contributed by atoms with Gasteiger partial charge in [0.15, 0.2) is 23.1 Å². The van der Waals surface area contributed by atoms with E-state index < -0.39 is 23.1 Å². The smallest absolute Gasteiger partial charge is 0.181 e. The molecule has 0 aromatic heterocycles. The Bertz CT molecular complexity index is 622. The van der Waals surface area contributed by atoms with Crippen molar-refractivity contribution in [1.82, 2.24) is 0 Å². The number of hydrogen-bond acceptors (Lipinski definition) is 6. The molecule has 0 aliphatic heterocycles. The van der Waals surface area contributed by atoms with Crippen LogP contribution in [0.5, 0.6) is 0 Å². The number of nitrogens with zero attached hydrogens (tertiary/aromatic N) is 2. The van der Waals surface area contributed by atoms with Crippen LogP contribution in [0.1, 0.15) is 27.7 Å². The SMILES string of the molecule is CC(=O)C(=Nc1ccccc1N=C(C(C)=O)C(C)=O)C(C)=O. The standard InChI is InChI=1S/C16H16N2O4/c1-9(19)15(10(2)20)17-13-7-5-6-8-14(13)18-16(11(3)21)12(4)22/h5-8H,1-4H3. The number of ketones is 4. The number of para-hydroxylation sites is 2. The molecule has 0 saturated heterocycles. The van der Waals surface area contributed by atoms with Crippen LogP contribution in [0.25, 0.3) is 0 Å². The summed E-state index contributed by atoms with van der Waals surface area (Å²) in [6.07, 6.45) is 0. The fraction of sp³-hybridized carbons (Fsp3) is 0.250. The molecule has 0 radical (unpaired) electrons. The lowest BCUT2D eigenvalue weighted by Gasteiger charge is -2.04. The van der Waals surface area contributed by atoms with E-state index in [9.17, 15) is 19.2 Å². The molecule has 6 nitrogen and oxygen atoms in total. The molecule has 0 spiro atoms. The van der Waals surface area contributed by atoms with Crippen molar-refractivity contribution in [2.75, 3.05) is 0 Å². The molecule has 0 aliphatic rings. The second-order valence-electron chi connectivity index (χ2n) is 4.63. The maximum atomic E-state index is 11.4. The van der Waals surface area contributed by atoms with Gasteiger partial charge in [-0.3, -0.25) is 19.2 Å². The summed E-state index contributed by atoms with van der Waals surface area (Å²) in [7, 11) is 0. The molecule has 1 rings (SSSR count). The van der Waals surface area contributed by atoms with Gasteiger partial charge in [0.1, 0.15) is 11.4 Å². The molecule has 6 heteroatoms. The summed E-state index contributed by atoms with van der Waals surface area (Å²) >= 11 is 0. The summed E-state index contributed by atoms with van der Waals surface area (Å²) in [5.74, 6) is -1.87. The fourth-order valence-corrected chi connectivity index (χ4v) is 1.70. The molecule has 114 valence electrons. The van der Waals surface area contributed by atoms with Gasteiger partial charge in [-0.15, -0.1) is 0 Å². The molecular weight excluding hydrogens is 284 g/mol. The first-order chi connectivity index (χ1) is 10.2. The van der Waals surface area contributed by atoms with Gasteiger partial charge in [0.25, 0.3) is 0 Å². The van der Waals surface area contributed by atoms with E-state index in [0.717, 1.165) is 0 Å². The Labute approximate surface area is 128 Å². The highest BCUT2D eigenvalue weighted by atomic mass is 16.2. The Balaban J connectivity index is 3.49. The van der Waals surface area contributed by atoms with Gasteiger partial charge in [0.2, 0.25) is 0 Å². The van der Waals surface area contributed by atoms with Crippen LogP contribution in [-0.4, -0.2) is 34.6 Å². The summed E-state index contributed by atoms with van der Waals surface area (Å²) in [5.41, 5.74) is 0.0514. The molecule has 0 aliphatic carbocycles. The molecule has 0 bridgehead atoms. The molecule has 1 aromatic carbocycles. The van der Waals surface area contributed by atoms with E-state index in [-0.39, 0.29) is 22.8 Å². The number of carbonyl (C=O) groups is 4. The highest BCUT2D eigenvalue weighted by Gasteiger charge is 2.15. The van der Waals surface area contributed by atoms with Crippen LogP contribution in [0.15, 0.2) is 34.3 Å². The van der Waals surface area contributed by atoms with E-state index in [1.165, 1.54) is 27.7 Å². The molecule has 1 aromatic rings. The second kappa shape index (κ2) is 7.31. The van der Waals surface area contributed by atoms with Crippen LogP contribution in [0.2, 0.25) is 0 Å². The number of aliphatic imine (C=N–C) groups is 2. The average Bonchev–Trinajstić information content (AvgIpc) is 2.41. The lowest BCUT2D eigenvalue weighted by Crippen LogP contribution is -2.19. The number of rotatable bonds is 6. The minimum atomic E-state index is -0.468. The van der Waals surface area contributed by atoms with Crippen LogP contribution in [0, 0.1) is 0 Å². The van der Waals surface area contributed by atoms with Gasteiger partial charge in [-0.2, -0.15) is 0 Å². The zero-order valence-corrected chi connectivity index (χ0v) is 12.8. The van der Waals surface area contributed by atoms with Crippen molar-refractivity contribution in [3.05, 3.63) is 24.3 Å². The molecule has 0 unspecified atom stereocenters. The normalized spacial score (nSPS) is 9.64. The topological polar surface area (TPSA) is 93.0 Å². The summed E-state index contributed by atoms with van der Waals surface area (Å²) in [6, 6.07) is 6.39. The van der Waals surface area contributed by atoms with Gasteiger partial charge < -0.3 is 0 Å². The van der Waals surface area contributed by atoms with Crippen molar-refractivity contribution in [1.29, 1.82) is 0 Å². The number of Topliss-reactive ketones (excluding diaryl/α,β-unsaturated/α-hetero) is 4. The maximum absolute atomic E-state index is 11.4. The number of benzene rings is 1. The van der Waals surface area contributed by atoms with Gasteiger partial charge in [-0.05, 0) is 12.1 Å². The van der Waals surface area contributed by atoms with E-state index in [0.29, 0.717) is 0 Å². The summed E-state index contributed by atoms with van der Waals surface area (Å²) < 4.78 is 0.